The SMILES string of the molecule is C/C=C/NCCCSC. The van der Waals surface area contributed by atoms with Gasteiger partial charge < -0.3 is 5.32 Å². The van der Waals surface area contributed by atoms with Crippen molar-refractivity contribution in [2.45, 2.75) is 13.3 Å². The highest BCUT2D eigenvalue weighted by Gasteiger charge is 1.80. The fourth-order valence-corrected chi connectivity index (χ4v) is 0.953. The van der Waals surface area contributed by atoms with Crippen LogP contribution in [0.15, 0.2) is 12.3 Å². The molecule has 0 spiro atoms. The highest BCUT2D eigenvalue weighted by Crippen LogP contribution is 1.92. The van der Waals surface area contributed by atoms with Crippen LogP contribution in [0.3, 0.4) is 0 Å². The Morgan fingerprint density at radius 2 is 2.33 bits per heavy atom. The topological polar surface area (TPSA) is 12.0 Å². The lowest BCUT2D eigenvalue weighted by molar-refractivity contribution is 0.815. The van der Waals surface area contributed by atoms with E-state index in [9.17, 15) is 0 Å². The molecule has 0 saturated heterocycles. The van der Waals surface area contributed by atoms with E-state index >= 15 is 0 Å². The molecular weight excluding hydrogens is 130 g/mol. The van der Waals surface area contributed by atoms with Gasteiger partial charge in [-0.25, -0.2) is 0 Å². The molecule has 1 N–H and O–H groups in total. The van der Waals surface area contributed by atoms with Gasteiger partial charge in [0, 0.05) is 6.54 Å². The van der Waals surface area contributed by atoms with Crippen molar-refractivity contribution in [3.05, 3.63) is 12.3 Å². The summed E-state index contributed by atoms with van der Waals surface area (Å²) in [6, 6.07) is 0. The van der Waals surface area contributed by atoms with Crippen LogP contribution < -0.4 is 5.32 Å². The third kappa shape index (κ3) is 7.89. The Morgan fingerprint density at radius 1 is 1.56 bits per heavy atom. The van der Waals surface area contributed by atoms with Gasteiger partial charge in [0.05, 0.1) is 0 Å². The molecule has 1 nitrogen and oxygen atoms in total. The fourth-order valence-electron chi connectivity index (χ4n) is 0.520. The average molecular weight is 145 g/mol. The summed E-state index contributed by atoms with van der Waals surface area (Å²) >= 11 is 1.90. The van der Waals surface area contributed by atoms with Gasteiger partial charge in [0.2, 0.25) is 0 Å². The summed E-state index contributed by atoms with van der Waals surface area (Å²) in [7, 11) is 0. The maximum absolute atomic E-state index is 3.18. The third-order valence-electron chi connectivity index (χ3n) is 0.954. The molecule has 0 rings (SSSR count). The van der Waals surface area contributed by atoms with E-state index in [0.717, 1.165) is 6.54 Å². The summed E-state index contributed by atoms with van der Waals surface area (Å²) in [5.41, 5.74) is 0. The van der Waals surface area contributed by atoms with Crippen molar-refractivity contribution in [3.8, 4) is 0 Å². The Bertz CT molecular complexity index is 71.3. The van der Waals surface area contributed by atoms with E-state index in [0.29, 0.717) is 0 Å². The van der Waals surface area contributed by atoms with Gasteiger partial charge in [-0.15, -0.1) is 0 Å². The molecule has 0 heterocycles. The van der Waals surface area contributed by atoms with Gasteiger partial charge in [-0.3, -0.25) is 0 Å². The zero-order valence-electron chi connectivity index (χ0n) is 6.18. The highest BCUT2D eigenvalue weighted by atomic mass is 32.2. The minimum Gasteiger partial charge on any atom is -0.391 e. The fraction of sp³-hybridized carbons (Fsp3) is 0.714. The predicted octanol–water partition coefficient (Wildman–Crippen LogP) is 1.86. The quantitative estimate of drug-likeness (QED) is 0.593. The van der Waals surface area contributed by atoms with Gasteiger partial charge in [-0.2, -0.15) is 11.8 Å². The van der Waals surface area contributed by atoms with E-state index in [4.69, 9.17) is 0 Å². The van der Waals surface area contributed by atoms with Gasteiger partial charge in [-0.1, -0.05) is 6.08 Å². The predicted molar refractivity (Wildman–Crippen MR) is 45.8 cm³/mol. The van der Waals surface area contributed by atoms with Crippen LogP contribution >= 0.6 is 11.8 Å². The van der Waals surface area contributed by atoms with E-state index in [1.54, 1.807) is 0 Å². The number of nitrogens with one attached hydrogen (secondary N) is 1. The number of hydrogen-bond acceptors (Lipinski definition) is 2. The summed E-state index contributed by atoms with van der Waals surface area (Å²) < 4.78 is 0. The first-order chi connectivity index (χ1) is 4.41. The lowest BCUT2D eigenvalue weighted by Gasteiger charge is -1.96. The van der Waals surface area contributed by atoms with Crippen LogP contribution in [0.1, 0.15) is 13.3 Å². The zero-order chi connectivity index (χ0) is 6.95. The third-order valence-corrected chi connectivity index (χ3v) is 1.65. The van der Waals surface area contributed by atoms with Crippen LogP contribution in [-0.2, 0) is 0 Å². The van der Waals surface area contributed by atoms with Crippen molar-refractivity contribution in [3.63, 3.8) is 0 Å². The molecule has 0 aliphatic heterocycles. The molecule has 0 radical (unpaired) electrons. The molecule has 0 fully saturated rings. The largest absolute Gasteiger partial charge is 0.391 e. The van der Waals surface area contributed by atoms with Crippen LogP contribution in [-0.4, -0.2) is 18.6 Å². The van der Waals surface area contributed by atoms with Crippen LogP contribution in [0, 0.1) is 0 Å². The van der Waals surface area contributed by atoms with Crippen molar-refractivity contribution in [2.75, 3.05) is 18.6 Å². The number of allylic oxidation sites excluding steroid dienone is 1. The molecular formula is C7H15NS. The molecule has 2 heteroatoms. The van der Waals surface area contributed by atoms with Crippen molar-refractivity contribution in [1.29, 1.82) is 0 Å². The molecule has 0 aromatic rings. The lowest BCUT2D eigenvalue weighted by Crippen LogP contribution is -2.06. The molecule has 0 aliphatic rings. The summed E-state index contributed by atoms with van der Waals surface area (Å²) in [5, 5.41) is 3.18. The Kier molecular flexibility index (Phi) is 7.79. The summed E-state index contributed by atoms with van der Waals surface area (Å²) in [6.45, 7) is 3.12. The average Bonchev–Trinajstić information content (AvgIpc) is 1.89. The maximum Gasteiger partial charge on any atom is 0.0149 e. The van der Waals surface area contributed by atoms with E-state index in [-0.39, 0.29) is 0 Å². The number of thioether (sulfide) groups is 1. The standard InChI is InChI=1S/C7H15NS/c1-3-5-8-6-4-7-9-2/h3,5,8H,4,6-7H2,1-2H3/b5-3+. The normalized spacial score (nSPS) is 10.4. The molecule has 0 amide bonds. The second kappa shape index (κ2) is 7.89. The van der Waals surface area contributed by atoms with E-state index in [2.05, 4.69) is 11.6 Å². The van der Waals surface area contributed by atoms with Gasteiger partial charge in [0.15, 0.2) is 0 Å². The van der Waals surface area contributed by atoms with E-state index in [1.165, 1.54) is 12.2 Å². The molecule has 0 aromatic heterocycles. The Morgan fingerprint density at radius 3 is 2.89 bits per heavy atom. The number of hydrogen-bond donors (Lipinski definition) is 1. The molecule has 54 valence electrons. The van der Waals surface area contributed by atoms with Crippen molar-refractivity contribution < 1.29 is 0 Å². The minimum absolute atomic E-state index is 1.10. The first-order valence-corrected chi connectivity index (χ1v) is 4.64. The molecule has 0 aliphatic carbocycles. The van der Waals surface area contributed by atoms with Crippen molar-refractivity contribution in [2.24, 2.45) is 0 Å². The zero-order valence-corrected chi connectivity index (χ0v) is 7.00. The first-order valence-electron chi connectivity index (χ1n) is 3.25. The van der Waals surface area contributed by atoms with Crippen molar-refractivity contribution in [1.82, 2.24) is 5.32 Å². The maximum atomic E-state index is 3.18. The van der Waals surface area contributed by atoms with E-state index in [1.807, 2.05) is 31.0 Å². The lowest BCUT2D eigenvalue weighted by atomic mass is 10.5. The molecule has 0 bridgehead atoms. The molecule has 0 aromatic carbocycles. The smallest absolute Gasteiger partial charge is 0.0149 e. The number of rotatable bonds is 5. The summed E-state index contributed by atoms with van der Waals surface area (Å²) in [5.74, 6) is 1.25. The summed E-state index contributed by atoms with van der Waals surface area (Å²) in [4.78, 5) is 0. The molecule has 0 unspecified atom stereocenters. The Balaban J connectivity index is 2.75. The van der Waals surface area contributed by atoms with E-state index < -0.39 is 0 Å². The Labute approximate surface area is 61.9 Å². The molecule has 0 atom stereocenters. The van der Waals surface area contributed by atoms with Crippen LogP contribution in [0.5, 0.6) is 0 Å². The first kappa shape index (κ1) is 8.89. The van der Waals surface area contributed by atoms with Gasteiger partial charge in [0.25, 0.3) is 0 Å². The van der Waals surface area contributed by atoms with Crippen LogP contribution in [0.25, 0.3) is 0 Å². The van der Waals surface area contributed by atoms with Gasteiger partial charge in [0.1, 0.15) is 0 Å². The van der Waals surface area contributed by atoms with Crippen LogP contribution in [0.4, 0.5) is 0 Å². The molecule has 9 heavy (non-hydrogen) atoms. The molecule has 0 saturated carbocycles. The van der Waals surface area contributed by atoms with Gasteiger partial charge in [-0.05, 0) is 31.6 Å². The Hall–Kier alpha value is -0.110. The van der Waals surface area contributed by atoms with Crippen molar-refractivity contribution >= 4 is 11.8 Å². The van der Waals surface area contributed by atoms with Gasteiger partial charge >= 0.3 is 0 Å². The highest BCUT2D eigenvalue weighted by molar-refractivity contribution is 7.98. The minimum atomic E-state index is 1.10. The summed E-state index contributed by atoms with van der Waals surface area (Å²) in [6.07, 6.45) is 7.39. The second-order valence-electron chi connectivity index (χ2n) is 1.80. The van der Waals surface area contributed by atoms with Crippen LogP contribution in [0.2, 0.25) is 0 Å². The second-order valence-corrected chi connectivity index (χ2v) is 2.79. The monoisotopic (exact) mass is 145 g/mol.